The molecule has 0 amide bonds. The second-order valence-electron chi connectivity index (χ2n) is 5.11. The van der Waals surface area contributed by atoms with Gasteiger partial charge in [0.2, 0.25) is 0 Å². The summed E-state index contributed by atoms with van der Waals surface area (Å²) in [7, 11) is 0. The Labute approximate surface area is 129 Å². The van der Waals surface area contributed by atoms with Crippen LogP contribution < -0.4 is 10.6 Å². The molecule has 1 aromatic carbocycles. The van der Waals surface area contributed by atoms with Crippen LogP contribution in [-0.4, -0.2) is 9.97 Å². The molecule has 0 aliphatic carbocycles. The van der Waals surface area contributed by atoms with Gasteiger partial charge in [-0.1, -0.05) is 12.1 Å². The molecule has 0 radical (unpaired) electrons. The summed E-state index contributed by atoms with van der Waals surface area (Å²) >= 11 is 0. The lowest BCUT2D eigenvalue weighted by molar-refractivity contribution is 0.518. The number of hydrogen-bond acceptors (Lipinski definition) is 5. The Bertz CT molecular complexity index is 753. The van der Waals surface area contributed by atoms with E-state index < -0.39 is 0 Å². The maximum absolute atomic E-state index is 5.30. The Kier molecular flexibility index (Phi) is 4.05. The molecule has 0 bridgehead atoms. The standard InChI is InChI=1S/C17H18N4O/c1-12-5-3-6-14(9-12)21-17-10-16(19-13(2)20-17)18-11-15-7-4-8-22-15/h3-10H,11H2,1-2H3,(H2,18,19,20,21). The number of nitrogens with zero attached hydrogens (tertiary/aromatic N) is 2. The van der Waals surface area contributed by atoms with Gasteiger partial charge >= 0.3 is 0 Å². The molecule has 2 heterocycles. The van der Waals surface area contributed by atoms with Crippen LogP contribution in [0.25, 0.3) is 0 Å². The number of nitrogens with one attached hydrogen (secondary N) is 2. The fraction of sp³-hybridized carbons (Fsp3) is 0.176. The molecule has 0 atom stereocenters. The first-order valence-electron chi connectivity index (χ1n) is 7.15. The van der Waals surface area contributed by atoms with E-state index in [0.29, 0.717) is 12.4 Å². The number of aromatic nitrogens is 2. The lowest BCUT2D eigenvalue weighted by Crippen LogP contribution is -2.04. The first-order chi connectivity index (χ1) is 10.7. The molecule has 0 aliphatic heterocycles. The fourth-order valence-corrected chi connectivity index (χ4v) is 2.18. The lowest BCUT2D eigenvalue weighted by Gasteiger charge is -2.10. The number of rotatable bonds is 5. The molecule has 5 heteroatoms. The Morgan fingerprint density at radius 3 is 2.64 bits per heavy atom. The molecule has 112 valence electrons. The highest BCUT2D eigenvalue weighted by Gasteiger charge is 2.04. The Morgan fingerprint density at radius 1 is 1.00 bits per heavy atom. The van der Waals surface area contributed by atoms with Gasteiger partial charge in [0, 0.05) is 11.8 Å². The molecule has 0 saturated carbocycles. The monoisotopic (exact) mass is 294 g/mol. The van der Waals surface area contributed by atoms with Crippen molar-refractivity contribution in [3.05, 3.63) is 65.9 Å². The van der Waals surface area contributed by atoms with Gasteiger partial charge < -0.3 is 15.1 Å². The smallest absolute Gasteiger partial charge is 0.136 e. The van der Waals surface area contributed by atoms with E-state index in [4.69, 9.17) is 4.42 Å². The van der Waals surface area contributed by atoms with Crippen molar-refractivity contribution in [1.29, 1.82) is 0 Å². The highest BCUT2D eigenvalue weighted by atomic mass is 16.3. The summed E-state index contributed by atoms with van der Waals surface area (Å²) in [5.41, 5.74) is 2.21. The van der Waals surface area contributed by atoms with Gasteiger partial charge in [0.05, 0.1) is 12.8 Å². The Balaban J connectivity index is 1.74. The van der Waals surface area contributed by atoms with Crippen LogP contribution in [0.4, 0.5) is 17.3 Å². The summed E-state index contributed by atoms with van der Waals surface area (Å²) in [6.45, 7) is 4.53. The van der Waals surface area contributed by atoms with Crippen LogP contribution in [0.1, 0.15) is 17.1 Å². The zero-order chi connectivity index (χ0) is 15.4. The van der Waals surface area contributed by atoms with Crippen molar-refractivity contribution in [2.24, 2.45) is 0 Å². The summed E-state index contributed by atoms with van der Waals surface area (Å²) in [6.07, 6.45) is 1.66. The van der Waals surface area contributed by atoms with Crippen molar-refractivity contribution >= 4 is 17.3 Å². The lowest BCUT2D eigenvalue weighted by atomic mass is 10.2. The normalized spacial score (nSPS) is 10.5. The van der Waals surface area contributed by atoms with E-state index in [9.17, 15) is 0 Å². The summed E-state index contributed by atoms with van der Waals surface area (Å²) in [4.78, 5) is 8.81. The van der Waals surface area contributed by atoms with Gasteiger partial charge in [0.25, 0.3) is 0 Å². The summed E-state index contributed by atoms with van der Waals surface area (Å²) < 4.78 is 5.30. The number of anilines is 3. The van der Waals surface area contributed by atoms with Gasteiger partial charge in [-0.15, -0.1) is 0 Å². The quantitative estimate of drug-likeness (QED) is 0.743. The first kappa shape index (κ1) is 14.1. The SMILES string of the molecule is Cc1cccc(Nc2cc(NCc3ccco3)nc(C)n2)c1. The largest absolute Gasteiger partial charge is 0.467 e. The van der Waals surface area contributed by atoms with Crippen molar-refractivity contribution in [3.63, 3.8) is 0 Å². The number of hydrogen-bond donors (Lipinski definition) is 2. The van der Waals surface area contributed by atoms with E-state index in [0.717, 1.165) is 23.1 Å². The van der Waals surface area contributed by atoms with E-state index >= 15 is 0 Å². The maximum Gasteiger partial charge on any atom is 0.136 e. The van der Waals surface area contributed by atoms with E-state index in [-0.39, 0.29) is 0 Å². The molecule has 3 aromatic rings. The summed E-state index contributed by atoms with van der Waals surface area (Å²) in [6, 6.07) is 13.8. The number of benzene rings is 1. The van der Waals surface area contributed by atoms with Gasteiger partial charge in [-0.25, -0.2) is 9.97 Å². The van der Waals surface area contributed by atoms with Gasteiger partial charge in [0.15, 0.2) is 0 Å². The highest BCUT2D eigenvalue weighted by Crippen LogP contribution is 2.18. The zero-order valence-corrected chi connectivity index (χ0v) is 12.6. The van der Waals surface area contributed by atoms with Gasteiger partial charge in [-0.05, 0) is 43.7 Å². The molecule has 0 aliphatic rings. The average molecular weight is 294 g/mol. The molecule has 0 saturated heterocycles. The second kappa shape index (κ2) is 6.30. The van der Waals surface area contributed by atoms with Crippen molar-refractivity contribution in [3.8, 4) is 0 Å². The van der Waals surface area contributed by atoms with Crippen LogP contribution in [0, 0.1) is 13.8 Å². The van der Waals surface area contributed by atoms with E-state index in [1.807, 2.05) is 37.3 Å². The second-order valence-corrected chi connectivity index (χ2v) is 5.11. The molecule has 22 heavy (non-hydrogen) atoms. The van der Waals surface area contributed by atoms with Crippen LogP contribution in [-0.2, 0) is 6.54 Å². The van der Waals surface area contributed by atoms with E-state index in [2.05, 4.69) is 39.7 Å². The summed E-state index contributed by atoms with van der Waals surface area (Å²) in [5, 5.41) is 6.55. The third-order valence-corrected chi connectivity index (χ3v) is 3.15. The molecule has 2 N–H and O–H groups in total. The third-order valence-electron chi connectivity index (χ3n) is 3.15. The fourth-order valence-electron chi connectivity index (χ4n) is 2.18. The predicted octanol–water partition coefficient (Wildman–Crippen LogP) is 4.04. The molecule has 5 nitrogen and oxygen atoms in total. The van der Waals surface area contributed by atoms with Crippen LogP contribution in [0.15, 0.2) is 53.1 Å². The third kappa shape index (κ3) is 3.63. The van der Waals surface area contributed by atoms with Crippen LogP contribution in [0.5, 0.6) is 0 Å². The number of furan rings is 1. The molecule has 0 fully saturated rings. The van der Waals surface area contributed by atoms with Gasteiger partial charge in [0.1, 0.15) is 23.2 Å². The van der Waals surface area contributed by atoms with Crippen LogP contribution in [0.2, 0.25) is 0 Å². The topological polar surface area (TPSA) is 63.0 Å². The van der Waals surface area contributed by atoms with Crippen molar-refractivity contribution in [2.75, 3.05) is 10.6 Å². The van der Waals surface area contributed by atoms with Gasteiger partial charge in [-0.2, -0.15) is 0 Å². The zero-order valence-electron chi connectivity index (χ0n) is 12.6. The minimum Gasteiger partial charge on any atom is -0.467 e. The highest BCUT2D eigenvalue weighted by molar-refractivity contribution is 5.59. The van der Waals surface area contributed by atoms with Gasteiger partial charge in [-0.3, -0.25) is 0 Å². The van der Waals surface area contributed by atoms with Crippen LogP contribution in [0.3, 0.4) is 0 Å². The minimum absolute atomic E-state index is 0.591. The van der Waals surface area contributed by atoms with Crippen molar-refractivity contribution in [1.82, 2.24) is 9.97 Å². The Hall–Kier alpha value is -2.82. The molecular weight excluding hydrogens is 276 g/mol. The van der Waals surface area contributed by atoms with Crippen molar-refractivity contribution in [2.45, 2.75) is 20.4 Å². The summed E-state index contributed by atoms with van der Waals surface area (Å²) in [5.74, 6) is 3.10. The van der Waals surface area contributed by atoms with Crippen LogP contribution >= 0.6 is 0 Å². The average Bonchev–Trinajstić information content (AvgIpc) is 2.98. The van der Waals surface area contributed by atoms with Crippen molar-refractivity contribution < 1.29 is 4.42 Å². The molecule has 0 unspecified atom stereocenters. The van der Waals surface area contributed by atoms with E-state index in [1.165, 1.54) is 5.56 Å². The molecular formula is C17H18N4O. The maximum atomic E-state index is 5.30. The Morgan fingerprint density at radius 2 is 1.86 bits per heavy atom. The van der Waals surface area contributed by atoms with E-state index in [1.54, 1.807) is 6.26 Å². The molecule has 3 rings (SSSR count). The predicted molar refractivity (Wildman–Crippen MR) is 87.3 cm³/mol. The molecule has 0 spiro atoms. The minimum atomic E-state index is 0.591. The number of aryl methyl sites for hydroxylation is 2. The molecule has 2 aromatic heterocycles. The first-order valence-corrected chi connectivity index (χ1v) is 7.15.